The zero-order chi connectivity index (χ0) is 15.4. The highest BCUT2D eigenvalue weighted by atomic mass is 16.5. The van der Waals surface area contributed by atoms with Crippen LogP contribution in [0.3, 0.4) is 0 Å². The van der Waals surface area contributed by atoms with Gasteiger partial charge in [-0.05, 0) is 48.7 Å². The van der Waals surface area contributed by atoms with Gasteiger partial charge in [0.05, 0.1) is 5.56 Å². The molecule has 0 spiro atoms. The summed E-state index contributed by atoms with van der Waals surface area (Å²) >= 11 is 0. The molecule has 106 valence electrons. The Hall–Kier alpha value is -2.87. The van der Waals surface area contributed by atoms with E-state index in [1.165, 1.54) is 6.20 Å². The Morgan fingerprint density at radius 1 is 1.33 bits per heavy atom. The smallest absolute Gasteiger partial charge is 0.338 e. The fourth-order valence-electron chi connectivity index (χ4n) is 1.94. The number of anilines is 1. The van der Waals surface area contributed by atoms with Crippen molar-refractivity contribution in [2.45, 2.75) is 20.5 Å². The molecule has 0 aliphatic rings. The molecule has 0 aliphatic heterocycles. The van der Waals surface area contributed by atoms with Gasteiger partial charge in [0, 0.05) is 11.9 Å². The van der Waals surface area contributed by atoms with Crippen molar-refractivity contribution in [2.24, 2.45) is 0 Å². The monoisotopic (exact) mass is 281 g/mol. The van der Waals surface area contributed by atoms with Crippen molar-refractivity contribution in [1.29, 1.82) is 5.26 Å². The molecule has 2 rings (SSSR count). The molecule has 0 bridgehead atoms. The zero-order valence-electron chi connectivity index (χ0n) is 11.9. The number of nitriles is 1. The van der Waals surface area contributed by atoms with E-state index in [-0.39, 0.29) is 6.61 Å². The van der Waals surface area contributed by atoms with Crippen LogP contribution in [-0.2, 0) is 11.3 Å². The van der Waals surface area contributed by atoms with Gasteiger partial charge in [-0.2, -0.15) is 5.26 Å². The minimum atomic E-state index is -0.436. The van der Waals surface area contributed by atoms with E-state index in [0.29, 0.717) is 22.5 Å². The SMILES string of the molecule is Cc1cc(C)c(C(=O)OCc2ccnc(C#N)c2)cc1N. The molecule has 5 nitrogen and oxygen atoms in total. The van der Waals surface area contributed by atoms with Crippen molar-refractivity contribution >= 4 is 11.7 Å². The number of benzene rings is 1. The van der Waals surface area contributed by atoms with Gasteiger partial charge in [-0.1, -0.05) is 6.07 Å². The molecule has 5 heteroatoms. The number of carbonyl (C=O) groups excluding carboxylic acids is 1. The first-order valence-electron chi connectivity index (χ1n) is 6.40. The Balaban J connectivity index is 2.12. The van der Waals surface area contributed by atoms with Crippen molar-refractivity contribution in [3.63, 3.8) is 0 Å². The second kappa shape index (κ2) is 6.06. The van der Waals surface area contributed by atoms with E-state index < -0.39 is 5.97 Å². The summed E-state index contributed by atoms with van der Waals surface area (Å²) in [6.45, 7) is 3.81. The first kappa shape index (κ1) is 14.5. The van der Waals surface area contributed by atoms with Gasteiger partial charge in [0.2, 0.25) is 0 Å². The zero-order valence-corrected chi connectivity index (χ0v) is 11.9. The van der Waals surface area contributed by atoms with E-state index in [1.807, 2.05) is 26.0 Å². The topological polar surface area (TPSA) is 89.0 Å². The number of aromatic nitrogens is 1. The first-order chi connectivity index (χ1) is 10.0. The number of nitrogens with two attached hydrogens (primary N) is 1. The fraction of sp³-hybridized carbons (Fsp3) is 0.188. The summed E-state index contributed by atoms with van der Waals surface area (Å²) in [6, 6.07) is 8.71. The number of hydrogen-bond donors (Lipinski definition) is 1. The molecular formula is C16H15N3O2. The maximum Gasteiger partial charge on any atom is 0.338 e. The summed E-state index contributed by atoms with van der Waals surface area (Å²) in [5.41, 5.74) is 9.58. The number of carbonyl (C=O) groups is 1. The highest BCUT2D eigenvalue weighted by Crippen LogP contribution is 2.19. The number of esters is 1. The maximum absolute atomic E-state index is 12.1. The largest absolute Gasteiger partial charge is 0.457 e. The highest BCUT2D eigenvalue weighted by Gasteiger charge is 2.12. The van der Waals surface area contributed by atoms with Crippen LogP contribution < -0.4 is 5.73 Å². The van der Waals surface area contributed by atoms with Gasteiger partial charge < -0.3 is 10.5 Å². The Kier molecular flexibility index (Phi) is 4.19. The van der Waals surface area contributed by atoms with Crippen LogP contribution in [0.25, 0.3) is 0 Å². The second-order valence-corrected chi connectivity index (χ2v) is 4.76. The van der Waals surface area contributed by atoms with Crippen molar-refractivity contribution in [3.8, 4) is 6.07 Å². The summed E-state index contributed by atoms with van der Waals surface area (Å²) < 4.78 is 5.26. The number of ether oxygens (including phenoxy) is 1. The third-order valence-corrected chi connectivity index (χ3v) is 3.14. The van der Waals surface area contributed by atoms with Crippen LogP contribution in [0.5, 0.6) is 0 Å². The molecule has 0 radical (unpaired) electrons. The van der Waals surface area contributed by atoms with E-state index >= 15 is 0 Å². The van der Waals surface area contributed by atoms with Crippen molar-refractivity contribution in [3.05, 3.63) is 58.4 Å². The Labute approximate surface area is 123 Å². The van der Waals surface area contributed by atoms with Crippen LogP contribution in [0.2, 0.25) is 0 Å². The number of aryl methyl sites for hydroxylation is 2. The van der Waals surface area contributed by atoms with Crippen LogP contribution in [0.4, 0.5) is 5.69 Å². The number of hydrogen-bond acceptors (Lipinski definition) is 5. The normalized spacial score (nSPS) is 9.95. The van der Waals surface area contributed by atoms with E-state index in [9.17, 15) is 4.79 Å². The lowest BCUT2D eigenvalue weighted by Gasteiger charge is -2.10. The Morgan fingerprint density at radius 2 is 2.10 bits per heavy atom. The van der Waals surface area contributed by atoms with Gasteiger partial charge in [-0.3, -0.25) is 0 Å². The molecule has 0 saturated heterocycles. The van der Waals surface area contributed by atoms with Crippen LogP contribution in [0, 0.1) is 25.2 Å². The van der Waals surface area contributed by atoms with Gasteiger partial charge in [-0.15, -0.1) is 0 Å². The molecule has 1 aromatic carbocycles. The molecule has 1 aromatic heterocycles. The average molecular weight is 281 g/mol. The van der Waals surface area contributed by atoms with Gasteiger partial charge in [0.1, 0.15) is 18.4 Å². The average Bonchev–Trinajstić information content (AvgIpc) is 2.48. The maximum atomic E-state index is 12.1. The molecule has 1 heterocycles. The Bertz CT molecular complexity index is 733. The molecule has 2 N–H and O–H groups in total. The van der Waals surface area contributed by atoms with Crippen molar-refractivity contribution in [2.75, 3.05) is 5.73 Å². The summed E-state index contributed by atoms with van der Waals surface area (Å²) in [6.07, 6.45) is 1.51. The van der Waals surface area contributed by atoms with Crippen LogP contribution in [0.1, 0.15) is 32.7 Å². The summed E-state index contributed by atoms with van der Waals surface area (Å²) in [5.74, 6) is -0.436. The fourth-order valence-corrected chi connectivity index (χ4v) is 1.94. The van der Waals surface area contributed by atoms with Gasteiger partial charge in [0.15, 0.2) is 0 Å². The molecule has 0 unspecified atom stereocenters. The molecule has 0 saturated carbocycles. The van der Waals surface area contributed by atoms with E-state index in [1.54, 1.807) is 18.2 Å². The molecule has 21 heavy (non-hydrogen) atoms. The Morgan fingerprint density at radius 3 is 2.81 bits per heavy atom. The third-order valence-electron chi connectivity index (χ3n) is 3.14. The van der Waals surface area contributed by atoms with Crippen LogP contribution in [0.15, 0.2) is 30.5 Å². The van der Waals surface area contributed by atoms with Crippen LogP contribution >= 0.6 is 0 Å². The van der Waals surface area contributed by atoms with Gasteiger partial charge in [0.25, 0.3) is 0 Å². The molecule has 0 atom stereocenters. The quantitative estimate of drug-likeness (QED) is 0.689. The predicted molar refractivity (Wildman–Crippen MR) is 78.4 cm³/mol. The predicted octanol–water partition coefficient (Wildman–Crippen LogP) is 2.51. The van der Waals surface area contributed by atoms with E-state index in [0.717, 1.165) is 11.1 Å². The minimum Gasteiger partial charge on any atom is -0.457 e. The second-order valence-electron chi connectivity index (χ2n) is 4.76. The third kappa shape index (κ3) is 3.37. The van der Waals surface area contributed by atoms with Crippen molar-refractivity contribution < 1.29 is 9.53 Å². The van der Waals surface area contributed by atoms with Crippen molar-refractivity contribution in [1.82, 2.24) is 4.98 Å². The number of nitrogens with zero attached hydrogens (tertiary/aromatic N) is 2. The standard InChI is InChI=1S/C16H15N3O2/c1-10-5-11(2)15(18)7-14(10)16(20)21-9-12-3-4-19-13(6-12)8-17/h3-7H,9,18H2,1-2H3. The van der Waals surface area contributed by atoms with E-state index in [2.05, 4.69) is 4.98 Å². The summed E-state index contributed by atoms with van der Waals surface area (Å²) in [7, 11) is 0. The molecule has 2 aromatic rings. The van der Waals surface area contributed by atoms with Gasteiger partial charge >= 0.3 is 5.97 Å². The summed E-state index contributed by atoms with van der Waals surface area (Å²) in [4.78, 5) is 16.0. The van der Waals surface area contributed by atoms with Gasteiger partial charge in [-0.25, -0.2) is 9.78 Å². The lowest BCUT2D eigenvalue weighted by Crippen LogP contribution is -2.08. The number of rotatable bonds is 3. The lowest BCUT2D eigenvalue weighted by molar-refractivity contribution is 0.0472. The highest BCUT2D eigenvalue weighted by molar-refractivity contribution is 5.92. The first-order valence-corrected chi connectivity index (χ1v) is 6.40. The summed E-state index contributed by atoms with van der Waals surface area (Å²) in [5, 5.41) is 8.78. The number of pyridine rings is 1. The molecule has 0 amide bonds. The van der Waals surface area contributed by atoms with E-state index in [4.69, 9.17) is 15.7 Å². The minimum absolute atomic E-state index is 0.0866. The molecular weight excluding hydrogens is 266 g/mol. The molecule has 0 aliphatic carbocycles. The van der Waals surface area contributed by atoms with Crippen LogP contribution in [-0.4, -0.2) is 11.0 Å². The lowest BCUT2D eigenvalue weighted by atomic mass is 10.0. The molecule has 0 fully saturated rings. The number of nitrogen functional groups attached to an aromatic ring is 1.